The first kappa shape index (κ1) is 22.6. The quantitative estimate of drug-likeness (QED) is 0.495. The van der Waals surface area contributed by atoms with Gasteiger partial charge in [-0.2, -0.15) is 0 Å². The van der Waals surface area contributed by atoms with Crippen molar-refractivity contribution in [3.63, 3.8) is 0 Å². The van der Waals surface area contributed by atoms with Crippen LogP contribution in [0.5, 0.6) is 0 Å². The van der Waals surface area contributed by atoms with Gasteiger partial charge in [0, 0.05) is 0 Å². The molecule has 0 spiro atoms. The summed E-state index contributed by atoms with van der Waals surface area (Å²) in [4.78, 5) is 0. The molecule has 1 unspecified atom stereocenters. The smallest absolute Gasteiger partial charge is 0.0757 e. The molecule has 2 heteroatoms. The topological polar surface area (TPSA) is 40.5 Å². The Morgan fingerprint density at radius 3 is 2.18 bits per heavy atom. The summed E-state index contributed by atoms with van der Waals surface area (Å²) in [6, 6.07) is 0. The van der Waals surface area contributed by atoms with Crippen LogP contribution in [0.1, 0.15) is 40.5 Å². The van der Waals surface area contributed by atoms with Crippen molar-refractivity contribution < 1.29 is 10.2 Å². The number of allylic oxidation sites excluding steroid dienone is 7. The minimum atomic E-state index is -0.351. The first-order valence-corrected chi connectivity index (χ1v) is 7.53. The number of rotatable bonds is 8. The molecule has 22 heavy (non-hydrogen) atoms. The van der Waals surface area contributed by atoms with Crippen LogP contribution < -0.4 is 0 Å². The molecule has 0 amide bonds. The fourth-order valence-electron chi connectivity index (χ4n) is 1.36. The zero-order valence-electron chi connectivity index (χ0n) is 14.5. The van der Waals surface area contributed by atoms with Gasteiger partial charge >= 0.3 is 0 Å². The van der Waals surface area contributed by atoms with Crippen LogP contribution in [0.4, 0.5) is 0 Å². The Hall–Kier alpha value is -1.64. The van der Waals surface area contributed by atoms with Gasteiger partial charge in [0.25, 0.3) is 0 Å². The monoisotopic (exact) mass is 304 g/mol. The molecule has 0 aliphatic rings. The fourth-order valence-corrected chi connectivity index (χ4v) is 1.36. The van der Waals surface area contributed by atoms with Gasteiger partial charge in [0.05, 0.1) is 12.7 Å². The number of aliphatic hydroxyl groups excluding tert-OH is 2. The standard InChI is InChI=1S/2C10H16O/c1-4-9(2)6-5-7-10(3)8-11;1-4-5-6-7-10(11)8-9(2)3/h4,6-7,11H,1,5,8H2,2-3H3;4-6,8,10-11H,1,7H2,2-3H3. The molecule has 0 bridgehead atoms. The van der Waals surface area contributed by atoms with E-state index >= 15 is 0 Å². The molecule has 2 N–H and O–H groups in total. The molecule has 0 aromatic rings. The normalized spacial score (nSPS) is 13.2. The van der Waals surface area contributed by atoms with Crippen LogP contribution in [0, 0.1) is 0 Å². The van der Waals surface area contributed by atoms with Gasteiger partial charge in [0.2, 0.25) is 0 Å². The molecule has 0 aromatic carbocycles. The maximum atomic E-state index is 9.28. The molecule has 0 rings (SSSR count). The van der Waals surface area contributed by atoms with Gasteiger partial charge in [0.15, 0.2) is 0 Å². The third kappa shape index (κ3) is 18.4. The van der Waals surface area contributed by atoms with Crippen molar-refractivity contribution in [2.24, 2.45) is 0 Å². The van der Waals surface area contributed by atoms with Gasteiger partial charge < -0.3 is 10.2 Å². The predicted octanol–water partition coefficient (Wildman–Crippen LogP) is 4.89. The van der Waals surface area contributed by atoms with Crippen molar-refractivity contribution in [3.05, 3.63) is 72.4 Å². The van der Waals surface area contributed by atoms with Crippen molar-refractivity contribution in [2.75, 3.05) is 6.61 Å². The average Bonchev–Trinajstić information content (AvgIpc) is 2.47. The Balaban J connectivity index is 0. The first-order valence-electron chi connectivity index (χ1n) is 7.53. The highest BCUT2D eigenvalue weighted by Gasteiger charge is 1.94. The highest BCUT2D eigenvalue weighted by Crippen LogP contribution is 2.00. The first-order chi connectivity index (χ1) is 10.4. The molecule has 0 aliphatic heterocycles. The summed E-state index contributed by atoms with van der Waals surface area (Å²) in [5.74, 6) is 0. The lowest BCUT2D eigenvalue weighted by atomic mass is 10.2. The number of aliphatic hydroxyl groups is 2. The van der Waals surface area contributed by atoms with E-state index < -0.39 is 0 Å². The predicted molar refractivity (Wildman–Crippen MR) is 98.8 cm³/mol. The van der Waals surface area contributed by atoms with Crippen molar-refractivity contribution >= 4 is 0 Å². The van der Waals surface area contributed by atoms with Crippen molar-refractivity contribution in [2.45, 2.75) is 46.6 Å². The van der Waals surface area contributed by atoms with Gasteiger partial charge in [-0.25, -0.2) is 0 Å². The molecule has 0 aromatic heterocycles. The lowest BCUT2D eigenvalue weighted by molar-refractivity contribution is 0.226. The Morgan fingerprint density at radius 2 is 1.73 bits per heavy atom. The van der Waals surface area contributed by atoms with Crippen LogP contribution >= 0.6 is 0 Å². The summed E-state index contributed by atoms with van der Waals surface area (Å²) < 4.78 is 0. The molecule has 0 saturated carbocycles. The van der Waals surface area contributed by atoms with Gasteiger partial charge in [-0.3, -0.25) is 0 Å². The van der Waals surface area contributed by atoms with Crippen LogP contribution in [-0.2, 0) is 0 Å². The van der Waals surface area contributed by atoms with E-state index in [9.17, 15) is 5.11 Å². The van der Waals surface area contributed by atoms with E-state index in [1.165, 1.54) is 5.57 Å². The van der Waals surface area contributed by atoms with Gasteiger partial charge in [-0.1, -0.05) is 72.4 Å². The molecular formula is C20H32O2. The Kier molecular flexibility index (Phi) is 16.2. The third-order valence-corrected chi connectivity index (χ3v) is 2.65. The third-order valence-electron chi connectivity index (χ3n) is 2.65. The SMILES string of the molecule is C=CC(C)=CCC=C(C)CO.C=CC=CCC(O)C=C(C)C. The molecule has 0 fully saturated rings. The Labute approximate surface area is 136 Å². The lowest BCUT2D eigenvalue weighted by Gasteiger charge is -2.00. The Bertz CT molecular complexity index is 419. The highest BCUT2D eigenvalue weighted by molar-refractivity contribution is 5.15. The van der Waals surface area contributed by atoms with E-state index in [1.807, 2.05) is 58.1 Å². The van der Waals surface area contributed by atoms with Crippen molar-refractivity contribution in [1.82, 2.24) is 0 Å². The maximum absolute atomic E-state index is 9.28. The van der Waals surface area contributed by atoms with E-state index in [-0.39, 0.29) is 12.7 Å². The van der Waals surface area contributed by atoms with Crippen LogP contribution in [-0.4, -0.2) is 22.9 Å². The molecule has 0 heterocycles. The Morgan fingerprint density at radius 1 is 1.09 bits per heavy atom. The second-order valence-corrected chi connectivity index (χ2v) is 5.31. The minimum absolute atomic E-state index is 0.154. The summed E-state index contributed by atoms with van der Waals surface area (Å²) >= 11 is 0. The van der Waals surface area contributed by atoms with E-state index in [2.05, 4.69) is 19.2 Å². The minimum Gasteiger partial charge on any atom is -0.392 e. The van der Waals surface area contributed by atoms with Crippen molar-refractivity contribution in [1.29, 1.82) is 0 Å². The summed E-state index contributed by atoms with van der Waals surface area (Å²) in [5, 5.41) is 17.9. The summed E-state index contributed by atoms with van der Waals surface area (Å²) in [5.41, 5.74) is 3.33. The van der Waals surface area contributed by atoms with Crippen molar-refractivity contribution in [3.8, 4) is 0 Å². The van der Waals surface area contributed by atoms with Crippen LogP contribution in [0.15, 0.2) is 72.4 Å². The van der Waals surface area contributed by atoms with E-state index in [0.717, 1.165) is 17.6 Å². The molecule has 2 nitrogen and oxygen atoms in total. The average molecular weight is 304 g/mol. The molecular weight excluding hydrogens is 272 g/mol. The van der Waals surface area contributed by atoms with E-state index in [0.29, 0.717) is 6.42 Å². The maximum Gasteiger partial charge on any atom is 0.0757 e. The molecule has 124 valence electrons. The molecule has 1 atom stereocenters. The summed E-state index contributed by atoms with van der Waals surface area (Å²) in [6.45, 7) is 15.2. The van der Waals surface area contributed by atoms with E-state index in [1.54, 1.807) is 6.08 Å². The zero-order chi connectivity index (χ0) is 17.4. The number of hydrogen-bond acceptors (Lipinski definition) is 2. The van der Waals surface area contributed by atoms with E-state index in [4.69, 9.17) is 5.11 Å². The van der Waals surface area contributed by atoms with Gasteiger partial charge in [-0.15, -0.1) is 0 Å². The van der Waals surface area contributed by atoms with Gasteiger partial charge in [-0.05, 0) is 40.5 Å². The summed E-state index contributed by atoms with van der Waals surface area (Å²) in [6.07, 6.45) is 14.4. The van der Waals surface area contributed by atoms with Crippen LogP contribution in [0.3, 0.4) is 0 Å². The second kappa shape index (κ2) is 15.7. The number of hydrogen-bond donors (Lipinski definition) is 2. The molecule has 0 aliphatic carbocycles. The molecule has 0 radical (unpaired) electrons. The van der Waals surface area contributed by atoms with Gasteiger partial charge in [0.1, 0.15) is 0 Å². The van der Waals surface area contributed by atoms with Crippen LogP contribution in [0.2, 0.25) is 0 Å². The lowest BCUT2D eigenvalue weighted by Crippen LogP contribution is -1.99. The zero-order valence-corrected chi connectivity index (χ0v) is 14.5. The molecule has 0 saturated heterocycles. The highest BCUT2D eigenvalue weighted by atomic mass is 16.3. The largest absolute Gasteiger partial charge is 0.392 e. The fraction of sp³-hybridized carbons (Fsp3) is 0.400. The summed E-state index contributed by atoms with van der Waals surface area (Å²) in [7, 11) is 0. The second-order valence-electron chi connectivity index (χ2n) is 5.31. The van der Waals surface area contributed by atoms with Crippen LogP contribution in [0.25, 0.3) is 0 Å².